The second kappa shape index (κ2) is 9.78. The van der Waals surface area contributed by atoms with Crippen LogP contribution in [0.4, 0.5) is 5.69 Å². The monoisotopic (exact) mass is 445 g/mol. The van der Waals surface area contributed by atoms with Crippen molar-refractivity contribution in [2.45, 2.75) is 40.0 Å². The summed E-state index contributed by atoms with van der Waals surface area (Å²) in [4.78, 5) is 12.3. The van der Waals surface area contributed by atoms with Gasteiger partial charge in [-0.1, -0.05) is 32.9 Å². The van der Waals surface area contributed by atoms with Crippen LogP contribution in [-0.4, -0.2) is 19.1 Å². The number of rotatable bonds is 7. The smallest absolute Gasteiger partial charge is 0.248 e. The molecule has 1 amide bonds. The van der Waals surface area contributed by atoms with Gasteiger partial charge in [-0.2, -0.15) is 0 Å². The first-order valence-electron chi connectivity index (χ1n) is 9.43. The molecule has 0 aliphatic heterocycles. The summed E-state index contributed by atoms with van der Waals surface area (Å²) in [5.41, 5.74) is 2.86. The minimum absolute atomic E-state index is 0.0525. The average molecular weight is 446 g/mol. The molecule has 0 aliphatic rings. The van der Waals surface area contributed by atoms with Crippen molar-refractivity contribution in [1.82, 2.24) is 0 Å². The van der Waals surface area contributed by atoms with Crippen molar-refractivity contribution >= 4 is 33.6 Å². The van der Waals surface area contributed by atoms with E-state index in [2.05, 4.69) is 42.0 Å². The Morgan fingerprint density at radius 1 is 1.04 bits per heavy atom. The van der Waals surface area contributed by atoms with Crippen LogP contribution < -0.4 is 14.8 Å². The number of anilines is 1. The molecule has 2 aromatic rings. The van der Waals surface area contributed by atoms with Crippen LogP contribution in [0.15, 0.2) is 46.9 Å². The fourth-order valence-electron chi connectivity index (χ4n) is 2.60. The molecule has 0 spiro atoms. The number of benzene rings is 2. The predicted octanol–water partition coefficient (Wildman–Crippen LogP) is 6.20. The molecule has 2 rings (SSSR count). The van der Waals surface area contributed by atoms with Crippen LogP contribution >= 0.6 is 15.9 Å². The average Bonchev–Trinajstić information content (AvgIpc) is 2.63. The Bertz CT molecular complexity index is 853. The lowest BCUT2D eigenvalue weighted by Gasteiger charge is -2.20. The quantitative estimate of drug-likeness (QED) is 0.516. The highest BCUT2D eigenvalue weighted by molar-refractivity contribution is 9.10. The van der Waals surface area contributed by atoms with Crippen LogP contribution in [0.25, 0.3) is 6.08 Å². The van der Waals surface area contributed by atoms with Crippen molar-refractivity contribution in [2.75, 3.05) is 18.5 Å². The van der Waals surface area contributed by atoms with Crippen LogP contribution in [0.3, 0.4) is 0 Å². The van der Waals surface area contributed by atoms with E-state index in [4.69, 9.17) is 9.47 Å². The van der Waals surface area contributed by atoms with Gasteiger partial charge in [0.1, 0.15) is 0 Å². The van der Waals surface area contributed by atoms with Gasteiger partial charge < -0.3 is 14.8 Å². The molecule has 1 N–H and O–H groups in total. The Kier molecular flexibility index (Phi) is 7.69. The van der Waals surface area contributed by atoms with Crippen LogP contribution in [0.1, 0.15) is 45.7 Å². The predicted molar refractivity (Wildman–Crippen MR) is 119 cm³/mol. The Morgan fingerprint density at radius 3 is 2.32 bits per heavy atom. The molecule has 0 atom stereocenters. The van der Waals surface area contributed by atoms with Crippen molar-refractivity contribution in [3.8, 4) is 11.5 Å². The van der Waals surface area contributed by atoms with Gasteiger partial charge in [-0.15, -0.1) is 0 Å². The Balaban J connectivity index is 2.10. The number of carbonyl (C=O) groups is 1. The molecule has 150 valence electrons. The minimum Gasteiger partial charge on any atom is -0.490 e. The summed E-state index contributed by atoms with van der Waals surface area (Å²) in [6, 6.07) is 11.6. The SMILES string of the molecule is CCOc1ccc(/C=C/C(=O)Nc2ccc(C(C)(C)C)cc2Br)cc1OCC. The molecule has 2 aromatic carbocycles. The van der Waals surface area contributed by atoms with Crippen molar-refractivity contribution in [3.05, 3.63) is 58.1 Å². The zero-order valence-corrected chi connectivity index (χ0v) is 18.7. The van der Waals surface area contributed by atoms with E-state index in [9.17, 15) is 4.79 Å². The topological polar surface area (TPSA) is 47.6 Å². The number of nitrogens with one attached hydrogen (secondary N) is 1. The second-order valence-electron chi connectivity index (χ2n) is 7.34. The Hall–Kier alpha value is -2.27. The van der Waals surface area contributed by atoms with E-state index in [1.807, 2.05) is 50.2 Å². The zero-order chi connectivity index (χ0) is 20.7. The molecule has 0 radical (unpaired) electrons. The molecule has 28 heavy (non-hydrogen) atoms. The molecule has 0 saturated carbocycles. The van der Waals surface area contributed by atoms with Crippen LogP contribution in [0, 0.1) is 0 Å². The van der Waals surface area contributed by atoms with Gasteiger partial charge in [0.05, 0.1) is 18.9 Å². The molecule has 0 heterocycles. The van der Waals surface area contributed by atoms with Crippen molar-refractivity contribution in [3.63, 3.8) is 0 Å². The largest absolute Gasteiger partial charge is 0.490 e. The van der Waals surface area contributed by atoms with Crippen molar-refractivity contribution < 1.29 is 14.3 Å². The number of halogens is 1. The highest BCUT2D eigenvalue weighted by Gasteiger charge is 2.15. The number of ether oxygens (including phenoxy) is 2. The van der Waals surface area contributed by atoms with Gasteiger partial charge in [-0.05, 0) is 76.7 Å². The highest BCUT2D eigenvalue weighted by atomic mass is 79.9. The molecular formula is C23H28BrNO3. The van der Waals surface area contributed by atoms with Crippen molar-refractivity contribution in [1.29, 1.82) is 0 Å². The third-order valence-corrected chi connectivity index (χ3v) is 4.74. The van der Waals surface area contributed by atoms with E-state index >= 15 is 0 Å². The number of hydrogen-bond donors (Lipinski definition) is 1. The molecule has 4 nitrogen and oxygen atoms in total. The Morgan fingerprint density at radius 2 is 1.71 bits per heavy atom. The van der Waals surface area contributed by atoms with Gasteiger partial charge in [-0.25, -0.2) is 0 Å². The third-order valence-electron chi connectivity index (χ3n) is 4.09. The summed E-state index contributed by atoms with van der Waals surface area (Å²) in [5.74, 6) is 1.18. The zero-order valence-electron chi connectivity index (χ0n) is 17.1. The van der Waals surface area contributed by atoms with Gasteiger partial charge in [0.15, 0.2) is 11.5 Å². The van der Waals surface area contributed by atoms with E-state index in [1.165, 1.54) is 11.6 Å². The van der Waals surface area contributed by atoms with Gasteiger partial charge >= 0.3 is 0 Å². The highest BCUT2D eigenvalue weighted by Crippen LogP contribution is 2.31. The van der Waals surface area contributed by atoms with E-state index in [0.29, 0.717) is 24.7 Å². The van der Waals surface area contributed by atoms with Gasteiger partial charge in [0.2, 0.25) is 5.91 Å². The summed E-state index contributed by atoms with van der Waals surface area (Å²) >= 11 is 3.54. The van der Waals surface area contributed by atoms with Crippen LogP contribution in [-0.2, 0) is 10.2 Å². The van der Waals surface area contributed by atoms with Gasteiger partial charge in [0, 0.05) is 10.5 Å². The maximum atomic E-state index is 12.3. The fourth-order valence-corrected chi connectivity index (χ4v) is 3.08. The first kappa shape index (κ1) is 22.0. The first-order chi connectivity index (χ1) is 13.2. The van der Waals surface area contributed by atoms with E-state index < -0.39 is 0 Å². The lowest BCUT2D eigenvalue weighted by atomic mass is 9.87. The maximum Gasteiger partial charge on any atom is 0.248 e. The second-order valence-corrected chi connectivity index (χ2v) is 8.19. The summed E-state index contributed by atoms with van der Waals surface area (Å²) in [6.07, 6.45) is 3.26. The molecule has 0 unspecified atom stereocenters. The molecule has 0 saturated heterocycles. The van der Waals surface area contributed by atoms with Crippen LogP contribution in [0.2, 0.25) is 0 Å². The molecule has 0 bridgehead atoms. The molecular weight excluding hydrogens is 418 g/mol. The van der Waals surface area contributed by atoms with E-state index in [0.717, 1.165) is 15.7 Å². The van der Waals surface area contributed by atoms with E-state index in [1.54, 1.807) is 6.08 Å². The first-order valence-corrected chi connectivity index (χ1v) is 10.2. The molecule has 0 aromatic heterocycles. The number of carbonyl (C=O) groups excluding carboxylic acids is 1. The van der Waals surface area contributed by atoms with Gasteiger partial charge in [0.25, 0.3) is 0 Å². The molecule has 0 fully saturated rings. The molecule has 0 aliphatic carbocycles. The standard InChI is InChI=1S/C23H28BrNO3/c1-6-27-20-12-8-16(14-21(20)28-7-2)9-13-22(26)25-19-11-10-17(15-18(19)24)23(3,4)5/h8-15H,6-7H2,1-5H3,(H,25,26)/b13-9+. The maximum absolute atomic E-state index is 12.3. The summed E-state index contributed by atoms with van der Waals surface area (Å²) < 4.78 is 12.0. The summed E-state index contributed by atoms with van der Waals surface area (Å²) in [6.45, 7) is 11.4. The lowest BCUT2D eigenvalue weighted by molar-refractivity contribution is -0.111. The van der Waals surface area contributed by atoms with Gasteiger partial charge in [-0.3, -0.25) is 4.79 Å². The third kappa shape index (κ3) is 6.13. The normalized spacial score (nSPS) is 11.5. The van der Waals surface area contributed by atoms with Crippen LogP contribution in [0.5, 0.6) is 11.5 Å². The number of hydrogen-bond acceptors (Lipinski definition) is 3. The summed E-state index contributed by atoms with van der Waals surface area (Å²) in [7, 11) is 0. The number of amides is 1. The minimum atomic E-state index is -0.198. The van der Waals surface area contributed by atoms with E-state index in [-0.39, 0.29) is 11.3 Å². The van der Waals surface area contributed by atoms with Crippen molar-refractivity contribution in [2.24, 2.45) is 0 Å². The molecule has 5 heteroatoms. The summed E-state index contributed by atoms with van der Waals surface area (Å²) in [5, 5.41) is 2.90. The fraction of sp³-hybridized carbons (Fsp3) is 0.348. The lowest BCUT2D eigenvalue weighted by Crippen LogP contribution is -2.12. The Labute approximate surface area is 176 Å².